The van der Waals surface area contributed by atoms with Gasteiger partial charge in [0, 0.05) is 43.4 Å². The summed E-state index contributed by atoms with van der Waals surface area (Å²) in [6.45, 7) is 2.19. The Morgan fingerprint density at radius 1 is 0.971 bits per heavy atom. The molecular weight excluding hydrogens is 432 g/mol. The van der Waals surface area contributed by atoms with Crippen molar-refractivity contribution in [2.24, 2.45) is 0 Å². The number of hydrogen-bond acceptors (Lipinski definition) is 5. The molecule has 3 amide bonds. The molecule has 34 heavy (non-hydrogen) atoms. The summed E-state index contributed by atoms with van der Waals surface area (Å²) in [6.07, 6.45) is 2.57. The van der Waals surface area contributed by atoms with Crippen molar-refractivity contribution in [3.63, 3.8) is 0 Å². The molecule has 0 aromatic heterocycles. The van der Waals surface area contributed by atoms with Crippen molar-refractivity contribution in [1.82, 2.24) is 20.6 Å². The Bertz CT molecular complexity index is 1100. The highest BCUT2D eigenvalue weighted by atomic mass is 16.5. The number of hydroxylamine groups is 1. The van der Waals surface area contributed by atoms with E-state index in [9.17, 15) is 14.4 Å². The van der Waals surface area contributed by atoms with Gasteiger partial charge < -0.3 is 10.2 Å². The third kappa shape index (κ3) is 5.45. The lowest BCUT2D eigenvalue weighted by Crippen LogP contribution is -2.64. The van der Waals surface area contributed by atoms with Crippen LogP contribution in [0.2, 0.25) is 0 Å². The zero-order valence-electron chi connectivity index (χ0n) is 19.9. The van der Waals surface area contributed by atoms with Gasteiger partial charge in [0.25, 0.3) is 17.7 Å². The highest BCUT2D eigenvalue weighted by Gasteiger charge is 2.47. The summed E-state index contributed by atoms with van der Waals surface area (Å²) >= 11 is 0. The van der Waals surface area contributed by atoms with Gasteiger partial charge in [0.2, 0.25) is 0 Å². The van der Waals surface area contributed by atoms with Crippen LogP contribution in [0.3, 0.4) is 0 Å². The molecule has 0 aliphatic heterocycles. The van der Waals surface area contributed by atoms with Crippen LogP contribution in [-0.2, 0) is 16.1 Å². The highest BCUT2D eigenvalue weighted by Crippen LogP contribution is 2.26. The average Bonchev–Trinajstić information content (AvgIpc) is 3.72. The summed E-state index contributed by atoms with van der Waals surface area (Å²) in [5.41, 5.74) is 2.67. The van der Waals surface area contributed by atoms with Crippen LogP contribution in [0, 0.1) is 11.8 Å². The van der Waals surface area contributed by atoms with Gasteiger partial charge in [-0.1, -0.05) is 24.0 Å². The van der Waals surface area contributed by atoms with E-state index in [0.29, 0.717) is 0 Å². The first-order valence-corrected chi connectivity index (χ1v) is 11.1. The minimum absolute atomic E-state index is 0.276. The van der Waals surface area contributed by atoms with E-state index in [0.717, 1.165) is 28.6 Å². The van der Waals surface area contributed by atoms with Crippen molar-refractivity contribution in [3.8, 4) is 11.8 Å². The first-order valence-electron chi connectivity index (χ1n) is 11.1. The molecule has 3 N–H and O–H groups in total. The number of rotatable bonds is 7. The molecule has 8 heteroatoms. The predicted octanol–water partition coefficient (Wildman–Crippen LogP) is 1.76. The van der Waals surface area contributed by atoms with Gasteiger partial charge in [-0.2, -0.15) is 0 Å². The third-order valence-corrected chi connectivity index (χ3v) is 6.23. The maximum Gasteiger partial charge on any atom is 0.278 e. The maximum absolute atomic E-state index is 12.9. The quantitative estimate of drug-likeness (QED) is 0.252. The second kappa shape index (κ2) is 10.5. The fraction of sp³-hybridized carbons (Fsp3) is 0.346. The van der Waals surface area contributed by atoms with Crippen molar-refractivity contribution in [1.29, 1.82) is 0 Å². The third-order valence-electron chi connectivity index (χ3n) is 6.23. The largest absolute Gasteiger partial charge is 0.357 e. The Labute approximate surface area is 199 Å². The molecule has 0 radical (unpaired) electrons. The minimum Gasteiger partial charge on any atom is -0.357 e. The first-order chi connectivity index (χ1) is 16.2. The molecule has 0 saturated heterocycles. The van der Waals surface area contributed by atoms with E-state index in [1.807, 2.05) is 12.1 Å². The fourth-order valence-corrected chi connectivity index (χ4v) is 3.62. The number of amides is 3. The van der Waals surface area contributed by atoms with E-state index in [2.05, 4.69) is 41.2 Å². The molecule has 0 spiro atoms. The topological polar surface area (TPSA) is 102 Å². The molecule has 2 aromatic carbocycles. The maximum atomic E-state index is 12.9. The second-order valence-corrected chi connectivity index (χ2v) is 8.63. The molecule has 1 aliphatic rings. The van der Waals surface area contributed by atoms with Gasteiger partial charge in [-0.3, -0.25) is 24.5 Å². The lowest BCUT2D eigenvalue weighted by molar-refractivity contribution is -0.148. The molecule has 1 aliphatic carbocycles. The van der Waals surface area contributed by atoms with E-state index >= 15 is 0 Å². The molecule has 1 saturated carbocycles. The van der Waals surface area contributed by atoms with Gasteiger partial charge in [0.05, 0.1) is 0 Å². The average molecular weight is 463 g/mol. The van der Waals surface area contributed by atoms with E-state index < -0.39 is 23.3 Å². The standard InChI is InChI=1S/C26H30N4O4/c1-26(24(32)27-2,25(33)28-34)30(4)23(31)21-13-11-19(12-14-21)6-5-18-7-9-20(10-8-18)17-29(3)22-15-16-22/h7-14,22,34H,15-17H2,1-4H3,(H,27,32)(H,28,33). The second-order valence-electron chi connectivity index (χ2n) is 8.63. The van der Waals surface area contributed by atoms with Gasteiger partial charge in [0.15, 0.2) is 5.54 Å². The number of nitrogens with zero attached hydrogens (tertiary/aromatic N) is 2. The van der Waals surface area contributed by atoms with Crippen LogP contribution in [0.5, 0.6) is 0 Å². The molecular formula is C26H30N4O4. The van der Waals surface area contributed by atoms with Gasteiger partial charge in [-0.25, -0.2) is 5.48 Å². The highest BCUT2D eigenvalue weighted by molar-refractivity contribution is 6.12. The summed E-state index contributed by atoms with van der Waals surface area (Å²) in [5, 5.41) is 11.4. The van der Waals surface area contributed by atoms with Crippen LogP contribution in [-0.4, -0.2) is 65.5 Å². The van der Waals surface area contributed by atoms with E-state index in [1.54, 1.807) is 24.3 Å². The van der Waals surface area contributed by atoms with E-state index in [1.165, 1.54) is 44.9 Å². The monoisotopic (exact) mass is 462 g/mol. The van der Waals surface area contributed by atoms with Crippen LogP contribution in [0.25, 0.3) is 0 Å². The van der Waals surface area contributed by atoms with Crippen LogP contribution < -0.4 is 10.8 Å². The Hall–Kier alpha value is -3.67. The molecule has 1 fully saturated rings. The zero-order chi connectivity index (χ0) is 24.9. The predicted molar refractivity (Wildman–Crippen MR) is 128 cm³/mol. The van der Waals surface area contributed by atoms with Crippen molar-refractivity contribution in [2.75, 3.05) is 21.1 Å². The molecule has 0 bridgehead atoms. The summed E-state index contributed by atoms with van der Waals surface area (Å²) < 4.78 is 0. The van der Waals surface area contributed by atoms with Crippen LogP contribution in [0.1, 0.15) is 46.8 Å². The Morgan fingerprint density at radius 2 is 1.50 bits per heavy atom. The van der Waals surface area contributed by atoms with Crippen molar-refractivity contribution < 1.29 is 19.6 Å². The molecule has 178 valence electrons. The Morgan fingerprint density at radius 3 is 1.97 bits per heavy atom. The fourth-order valence-electron chi connectivity index (χ4n) is 3.62. The molecule has 1 atom stereocenters. The summed E-state index contributed by atoms with van der Waals surface area (Å²) in [6, 6.07) is 15.5. The summed E-state index contributed by atoms with van der Waals surface area (Å²) in [5.74, 6) is 3.90. The lowest BCUT2D eigenvalue weighted by atomic mass is 9.96. The molecule has 1 unspecified atom stereocenters. The van der Waals surface area contributed by atoms with Crippen molar-refractivity contribution in [2.45, 2.75) is 37.9 Å². The SMILES string of the molecule is CNC(=O)C(C)(C(=O)NO)N(C)C(=O)c1ccc(C#Cc2ccc(CN(C)C3CC3)cc2)cc1. The lowest BCUT2D eigenvalue weighted by Gasteiger charge is -2.34. The van der Waals surface area contributed by atoms with Gasteiger partial charge >= 0.3 is 0 Å². The number of nitrogens with one attached hydrogen (secondary N) is 2. The Balaban J connectivity index is 1.69. The van der Waals surface area contributed by atoms with E-state index in [-0.39, 0.29) is 5.56 Å². The normalized spacial score (nSPS) is 14.4. The number of benzene rings is 2. The number of carbonyl (C=O) groups excluding carboxylic acids is 3. The number of carbonyl (C=O) groups is 3. The summed E-state index contributed by atoms with van der Waals surface area (Å²) in [4.78, 5) is 40.7. The number of hydrogen-bond donors (Lipinski definition) is 3. The number of likely N-dealkylation sites (N-methyl/N-ethyl adjacent to an activating group) is 2. The van der Waals surface area contributed by atoms with Gasteiger partial charge in [-0.15, -0.1) is 0 Å². The molecule has 2 aromatic rings. The molecule has 8 nitrogen and oxygen atoms in total. The smallest absolute Gasteiger partial charge is 0.278 e. The zero-order valence-corrected chi connectivity index (χ0v) is 19.9. The minimum atomic E-state index is -1.93. The van der Waals surface area contributed by atoms with Crippen molar-refractivity contribution >= 4 is 17.7 Å². The van der Waals surface area contributed by atoms with Crippen LogP contribution in [0.4, 0.5) is 0 Å². The summed E-state index contributed by atoms with van der Waals surface area (Å²) in [7, 11) is 4.82. The van der Waals surface area contributed by atoms with Gasteiger partial charge in [-0.05, 0) is 68.8 Å². The molecule has 0 heterocycles. The molecule has 3 rings (SSSR count). The Kier molecular flexibility index (Phi) is 7.72. The van der Waals surface area contributed by atoms with Crippen molar-refractivity contribution in [3.05, 3.63) is 70.8 Å². The van der Waals surface area contributed by atoms with Crippen LogP contribution in [0.15, 0.2) is 48.5 Å². The van der Waals surface area contributed by atoms with Gasteiger partial charge in [0.1, 0.15) is 0 Å². The first kappa shape index (κ1) is 25.0. The van der Waals surface area contributed by atoms with E-state index in [4.69, 9.17) is 5.21 Å². The van der Waals surface area contributed by atoms with Crippen LogP contribution >= 0.6 is 0 Å².